The second-order valence-electron chi connectivity index (χ2n) is 5.33. The number of hydrogen-bond acceptors (Lipinski definition) is 5. The predicted molar refractivity (Wildman–Crippen MR) is 85.5 cm³/mol. The van der Waals surface area contributed by atoms with E-state index in [1.165, 1.54) is 13.2 Å². The number of nitrogens with zero attached hydrogens (tertiary/aromatic N) is 1. The molecule has 2 heterocycles. The van der Waals surface area contributed by atoms with Crippen molar-refractivity contribution in [2.45, 2.75) is 5.54 Å². The van der Waals surface area contributed by atoms with Crippen LogP contribution in [0.2, 0.25) is 0 Å². The van der Waals surface area contributed by atoms with Gasteiger partial charge >= 0.3 is 0 Å². The van der Waals surface area contributed by atoms with Crippen LogP contribution in [0.25, 0.3) is 0 Å². The molecule has 0 aliphatic carbocycles. The lowest BCUT2D eigenvalue weighted by atomic mass is 9.81. The van der Waals surface area contributed by atoms with Gasteiger partial charge in [0.15, 0.2) is 17.1 Å². The quantitative estimate of drug-likeness (QED) is 0.826. The second-order valence-corrected chi connectivity index (χ2v) is 6.24. The van der Waals surface area contributed by atoms with Gasteiger partial charge in [0.1, 0.15) is 18.1 Å². The lowest BCUT2D eigenvalue weighted by Gasteiger charge is -2.33. The van der Waals surface area contributed by atoms with Crippen LogP contribution in [0, 0.1) is 5.82 Å². The number of hydrogen-bond donors (Lipinski definition) is 1. The van der Waals surface area contributed by atoms with E-state index in [1.54, 1.807) is 12.1 Å². The molecule has 0 saturated carbocycles. The molecule has 2 aliphatic heterocycles. The van der Waals surface area contributed by atoms with Gasteiger partial charge < -0.3 is 19.9 Å². The zero-order chi connectivity index (χ0) is 16.2. The van der Waals surface area contributed by atoms with E-state index >= 15 is 0 Å². The summed E-state index contributed by atoms with van der Waals surface area (Å²) in [6, 6.07) is 8.50. The highest BCUT2D eigenvalue weighted by Gasteiger charge is 2.48. The van der Waals surface area contributed by atoms with Crippen LogP contribution in [-0.4, -0.2) is 19.7 Å². The topological polar surface area (TPSA) is 66.1 Å². The Bertz CT molecular complexity index is 855. The summed E-state index contributed by atoms with van der Waals surface area (Å²) in [6.07, 6.45) is 0. The average Bonchev–Trinajstić information content (AvgIpc) is 2.92. The van der Waals surface area contributed by atoms with Gasteiger partial charge in [-0.3, -0.25) is 0 Å². The number of benzene rings is 2. The van der Waals surface area contributed by atoms with Crippen molar-refractivity contribution in [3.63, 3.8) is 0 Å². The summed E-state index contributed by atoms with van der Waals surface area (Å²) in [4.78, 5) is 4.47. The number of rotatable bonds is 1. The Kier molecular flexibility index (Phi) is 3.02. The minimum absolute atomic E-state index is 0.0620. The minimum atomic E-state index is -0.952. The van der Waals surface area contributed by atoms with Crippen LogP contribution in [0.1, 0.15) is 11.1 Å². The first-order valence-corrected chi connectivity index (χ1v) is 7.67. The lowest BCUT2D eigenvalue weighted by Crippen LogP contribution is -2.31. The number of aliphatic imine (C=N–C) groups is 1. The number of nitrogens with two attached hydrogens (primary N) is 1. The number of halogens is 2. The van der Waals surface area contributed by atoms with Crippen molar-refractivity contribution in [1.82, 2.24) is 0 Å². The molecule has 2 aromatic rings. The Balaban J connectivity index is 2.05. The largest absolute Gasteiger partial charge is 0.497 e. The molecule has 0 amide bonds. The summed E-state index contributed by atoms with van der Waals surface area (Å²) in [5.74, 6) is 0.491. The molecule has 0 saturated heterocycles. The number of amidine groups is 1. The summed E-state index contributed by atoms with van der Waals surface area (Å²) in [5, 5.41) is 0. The van der Waals surface area contributed by atoms with Gasteiger partial charge in [-0.15, -0.1) is 0 Å². The molecule has 1 spiro atoms. The fraction of sp³-hybridized carbons (Fsp3) is 0.188. The standard InChI is InChI=1S/C16H12BrFN2O3/c1-21-9-5-11-14(12(18)6-9)23-13-3-2-8(17)4-10(13)16(11)7-22-15(19)20-16/h2-6H,7H2,1H3,(H2,19,20)/t16-/m1/s1. The van der Waals surface area contributed by atoms with Crippen LogP contribution in [-0.2, 0) is 10.3 Å². The monoisotopic (exact) mass is 378 g/mol. The lowest BCUT2D eigenvalue weighted by molar-refractivity contribution is 0.261. The van der Waals surface area contributed by atoms with Crippen molar-refractivity contribution in [2.75, 3.05) is 13.7 Å². The highest BCUT2D eigenvalue weighted by molar-refractivity contribution is 9.10. The molecule has 4 rings (SSSR count). The third-order valence-corrected chi connectivity index (χ3v) is 4.52. The summed E-state index contributed by atoms with van der Waals surface area (Å²) in [7, 11) is 1.48. The first-order valence-electron chi connectivity index (χ1n) is 6.87. The molecule has 0 unspecified atom stereocenters. The van der Waals surface area contributed by atoms with Gasteiger partial charge in [0, 0.05) is 21.7 Å². The molecule has 23 heavy (non-hydrogen) atoms. The van der Waals surface area contributed by atoms with Gasteiger partial charge in [0.2, 0.25) is 0 Å². The Morgan fingerprint density at radius 2 is 2.13 bits per heavy atom. The maximum atomic E-state index is 14.5. The van der Waals surface area contributed by atoms with Crippen molar-refractivity contribution in [2.24, 2.45) is 10.7 Å². The molecule has 0 aromatic heterocycles. The highest BCUT2D eigenvalue weighted by Crippen LogP contribution is 2.52. The van der Waals surface area contributed by atoms with Gasteiger partial charge in [-0.1, -0.05) is 15.9 Å². The van der Waals surface area contributed by atoms with Crippen molar-refractivity contribution in [3.8, 4) is 17.2 Å². The summed E-state index contributed by atoms with van der Waals surface area (Å²) in [5.41, 5.74) is 6.08. The van der Waals surface area contributed by atoms with Crippen LogP contribution >= 0.6 is 15.9 Å². The van der Waals surface area contributed by atoms with Crippen LogP contribution in [0.15, 0.2) is 39.8 Å². The molecule has 0 radical (unpaired) electrons. The van der Waals surface area contributed by atoms with E-state index in [2.05, 4.69) is 20.9 Å². The molecule has 2 aliphatic rings. The third-order valence-electron chi connectivity index (χ3n) is 4.03. The smallest absolute Gasteiger partial charge is 0.283 e. The van der Waals surface area contributed by atoms with Crippen LogP contribution in [0.3, 0.4) is 0 Å². The Morgan fingerprint density at radius 3 is 2.83 bits per heavy atom. The Hall–Kier alpha value is -2.28. The second kappa shape index (κ2) is 4.86. The molecule has 2 aromatic carbocycles. The van der Waals surface area contributed by atoms with E-state index in [-0.39, 0.29) is 18.4 Å². The van der Waals surface area contributed by atoms with E-state index in [4.69, 9.17) is 19.9 Å². The van der Waals surface area contributed by atoms with E-state index in [9.17, 15) is 4.39 Å². The van der Waals surface area contributed by atoms with Gasteiger partial charge in [0.05, 0.1) is 7.11 Å². The third kappa shape index (κ3) is 1.99. The zero-order valence-corrected chi connectivity index (χ0v) is 13.7. The number of methoxy groups -OCH3 is 1. The van der Waals surface area contributed by atoms with Crippen LogP contribution in [0.4, 0.5) is 4.39 Å². The van der Waals surface area contributed by atoms with Gasteiger partial charge in [-0.05, 0) is 24.3 Å². The molecular formula is C16H12BrFN2O3. The molecule has 2 N–H and O–H groups in total. The highest BCUT2D eigenvalue weighted by atomic mass is 79.9. The average molecular weight is 379 g/mol. The zero-order valence-electron chi connectivity index (χ0n) is 12.1. The van der Waals surface area contributed by atoms with Gasteiger partial charge in [-0.2, -0.15) is 0 Å². The normalized spacial score (nSPS) is 21.1. The van der Waals surface area contributed by atoms with E-state index < -0.39 is 11.4 Å². The fourth-order valence-corrected chi connectivity index (χ4v) is 3.33. The molecule has 0 bridgehead atoms. The maximum Gasteiger partial charge on any atom is 0.283 e. The molecule has 5 nitrogen and oxygen atoms in total. The first-order chi connectivity index (χ1) is 11.0. The van der Waals surface area contributed by atoms with E-state index in [1.807, 2.05) is 12.1 Å². The Labute approximate surface area is 140 Å². The molecular weight excluding hydrogens is 367 g/mol. The molecule has 118 valence electrons. The summed E-state index contributed by atoms with van der Waals surface area (Å²) < 4.78 is 31.7. The van der Waals surface area contributed by atoms with Crippen molar-refractivity contribution in [1.29, 1.82) is 0 Å². The molecule has 7 heteroatoms. The minimum Gasteiger partial charge on any atom is -0.497 e. The maximum absolute atomic E-state index is 14.5. The summed E-state index contributed by atoms with van der Waals surface area (Å²) >= 11 is 3.44. The number of ether oxygens (including phenoxy) is 3. The predicted octanol–water partition coefficient (Wildman–Crippen LogP) is 3.29. The van der Waals surface area contributed by atoms with Crippen LogP contribution < -0.4 is 15.2 Å². The van der Waals surface area contributed by atoms with Gasteiger partial charge in [0.25, 0.3) is 6.02 Å². The summed E-state index contributed by atoms with van der Waals surface area (Å²) in [6.45, 7) is 0.172. The number of fused-ring (bicyclic) bond motifs is 4. The molecule has 1 atom stereocenters. The van der Waals surface area contributed by atoms with E-state index in [0.29, 0.717) is 17.1 Å². The van der Waals surface area contributed by atoms with Crippen LogP contribution in [0.5, 0.6) is 17.2 Å². The fourth-order valence-electron chi connectivity index (χ4n) is 2.97. The van der Waals surface area contributed by atoms with Crippen molar-refractivity contribution >= 4 is 22.0 Å². The Morgan fingerprint density at radius 1 is 1.30 bits per heavy atom. The van der Waals surface area contributed by atoms with Crippen molar-refractivity contribution < 1.29 is 18.6 Å². The van der Waals surface area contributed by atoms with Gasteiger partial charge in [-0.25, -0.2) is 9.38 Å². The SMILES string of the molecule is COc1cc(F)c2c(c1)[C@@]1(COC(N)=N1)c1cc(Br)ccc1O2. The molecule has 0 fully saturated rings. The van der Waals surface area contributed by atoms with E-state index in [0.717, 1.165) is 10.0 Å². The first kappa shape index (κ1) is 14.3. The van der Waals surface area contributed by atoms with Crippen molar-refractivity contribution in [3.05, 3.63) is 51.7 Å².